The summed E-state index contributed by atoms with van der Waals surface area (Å²) in [5, 5.41) is -0.213. The largest absolute Gasteiger partial charge is 0.440 e. The van der Waals surface area contributed by atoms with E-state index in [4.69, 9.17) is 4.42 Å². The number of aldehydes is 1. The number of sulfonamides is 1. The zero-order valence-corrected chi connectivity index (χ0v) is 10.6. The van der Waals surface area contributed by atoms with E-state index in [1.165, 1.54) is 12.1 Å². The first-order chi connectivity index (χ1) is 8.10. The lowest BCUT2D eigenvalue weighted by Crippen LogP contribution is -2.24. The van der Waals surface area contributed by atoms with Gasteiger partial charge in [0.05, 0.1) is 0 Å². The third-order valence-electron chi connectivity index (χ3n) is 2.31. The van der Waals surface area contributed by atoms with E-state index in [0.717, 1.165) is 25.7 Å². The van der Waals surface area contributed by atoms with Crippen molar-refractivity contribution in [3.63, 3.8) is 0 Å². The van der Waals surface area contributed by atoms with Gasteiger partial charge in [-0.25, -0.2) is 13.1 Å². The monoisotopic (exact) mass is 259 g/mol. The highest BCUT2D eigenvalue weighted by atomic mass is 32.2. The Kier molecular flexibility index (Phi) is 5.37. The molecule has 96 valence electrons. The first-order valence-corrected chi connectivity index (χ1v) is 7.13. The molecule has 0 bridgehead atoms. The Balaban J connectivity index is 2.48. The Morgan fingerprint density at radius 2 is 2.06 bits per heavy atom. The van der Waals surface area contributed by atoms with Crippen LogP contribution in [0.1, 0.15) is 43.2 Å². The second-order valence-corrected chi connectivity index (χ2v) is 5.43. The molecule has 1 N–H and O–H groups in total. The molecule has 0 radical (unpaired) electrons. The fraction of sp³-hybridized carbons (Fsp3) is 0.545. The molecule has 0 atom stereocenters. The van der Waals surface area contributed by atoms with Gasteiger partial charge in [0.25, 0.3) is 10.0 Å². The zero-order chi connectivity index (χ0) is 12.7. The van der Waals surface area contributed by atoms with Crippen molar-refractivity contribution in [2.24, 2.45) is 0 Å². The van der Waals surface area contributed by atoms with Gasteiger partial charge in [0.1, 0.15) is 0 Å². The van der Waals surface area contributed by atoms with Gasteiger partial charge in [-0.3, -0.25) is 4.79 Å². The highest BCUT2D eigenvalue weighted by Gasteiger charge is 2.17. The summed E-state index contributed by atoms with van der Waals surface area (Å²) in [7, 11) is -3.61. The fourth-order valence-electron chi connectivity index (χ4n) is 1.37. The minimum atomic E-state index is -3.61. The van der Waals surface area contributed by atoms with Gasteiger partial charge in [0.2, 0.25) is 5.09 Å². The number of nitrogens with one attached hydrogen (secondary N) is 1. The minimum absolute atomic E-state index is 0.0105. The molecule has 0 fully saturated rings. The van der Waals surface area contributed by atoms with Gasteiger partial charge in [-0.2, -0.15) is 0 Å². The average molecular weight is 259 g/mol. The van der Waals surface area contributed by atoms with Gasteiger partial charge in [-0.05, 0) is 18.6 Å². The van der Waals surface area contributed by atoms with Gasteiger partial charge in [0.15, 0.2) is 12.0 Å². The van der Waals surface area contributed by atoms with E-state index in [2.05, 4.69) is 11.6 Å². The first-order valence-electron chi connectivity index (χ1n) is 5.65. The maximum Gasteiger partial charge on any atom is 0.273 e. The third kappa shape index (κ3) is 4.32. The van der Waals surface area contributed by atoms with E-state index in [9.17, 15) is 13.2 Å². The number of carbonyl (C=O) groups is 1. The molecule has 6 heteroatoms. The van der Waals surface area contributed by atoms with Crippen molar-refractivity contribution < 1.29 is 17.6 Å². The SMILES string of the molecule is CCCCCCNS(=O)(=O)c1ccc(C=O)o1. The van der Waals surface area contributed by atoms with Crippen LogP contribution in [0.4, 0.5) is 0 Å². The smallest absolute Gasteiger partial charge is 0.273 e. The Bertz CT molecular complexity index is 450. The molecule has 1 aromatic rings. The van der Waals surface area contributed by atoms with Gasteiger partial charge >= 0.3 is 0 Å². The number of carbonyl (C=O) groups excluding carboxylic acids is 1. The van der Waals surface area contributed by atoms with Crippen molar-refractivity contribution in [3.8, 4) is 0 Å². The summed E-state index contributed by atoms with van der Waals surface area (Å²) in [6.45, 7) is 2.48. The van der Waals surface area contributed by atoms with Crippen LogP contribution >= 0.6 is 0 Å². The lowest BCUT2D eigenvalue weighted by molar-refractivity contribution is 0.109. The van der Waals surface area contributed by atoms with Gasteiger partial charge in [0, 0.05) is 6.54 Å². The zero-order valence-electron chi connectivity index (χ0n) is 9.81. The molecule has 1 heterocycles. The molecule has 5 nitrogen and oxygen atoms in total. The summed E-state index contributed by atoms with van der Waals surface area (Å²) >= 11 is 0. The van der Waals surface area contributed by atoms with Crippen LogP contribution in [0.15, 0.2) is 21.6 Å². The third-order valence-corrected chi connectivity index (χ3v) is 3.64. The first kappa shape index (κ1) is 13.9. The van der Waals surface area contributed by atoms with Crippen molar-refractivity contribution in [3.05, 3.63) is 17.9 Å². The Morgan fingerprint density at radius 3 is 2.65 bits per heavy atom. The topological polar surface area (TPSA) is 76.4 Å². The van der Waals surface area contributed by atoms with Crippen molar-refractivity contribution in [1.82, 2.24) is 4.72 Å². The summed E-state index contributed by atoms with van der Waals surface area (Å²) in [6.07, 6.45) is 4.47. The summed E-state index contributed by atoms with van der Waals surface area (Å²) in [5.74, 6) is 0.0105. The molecule has 0 unspecified atom stereocenters. The maximum atomic E-state index is 11.7. The summed E-state index contributed by atoms with van der Waals surface area (Å²) in [4.78, 5) is 10.4. The molecule has 0 aliphatic heterocycles. The molecule has 0 saturated carbocycles. The second-order valence-electron chi connectivity index (χ2n) is 3.73. The molecule has 0 spiro atoms. The average Bonchev–Trinajstić information content (AvgIpc) is 2.78. The molecule has 0 aliphatic rings. The number of furan rings is 1. The highest BCUT2D eigenvalue weighted by molar-refractivity contribution is 7.89. The number of rotatable bonds is 8. The van der Waals surface area contributed by atoms with E-state index >= 15 is 0 Å². The molecule has 17 heavy (non-hydrogen) atoms. The van der Waals surface area contributed by atoms with Crippen LogP contribution in [0, 0.1) is 0 Å². The number of unbranched alkanes of at least 4 members (excludes halogenated alkanes) is 3. The van der Waals surface area contributed by atoms with Crippen LogP contribution in [0.2, 0.25) is 0 Å². The molecular weight excluding hydrogens is 242 g/mol. The van der Waals surface area contributed by atoms with Gasteiger partial charge in [-0.15, -0.1) is 0 Å². The summed E-state index contributed by atoms with van der Waals surface area (Å²) < 4.78 is 30.6. The molecule has 0 aromatic carbocycles. The normalized spacial score (nSPS) is 11.6. The van der Waals surface area contributed by atoms with E-state index in [1.807, 2.05) is 0 Å². The number of hydrogen-bond acceptors (Lipinski definition) is 4. The van der Waals surface area contributed by atoms with E-state index in [-0.39, 0.29) is 10.9 Å². The van der Waals surface area contributed by atoms with Crippen LogP contribution in [0.3, 0.4) is 0 Å². The standard InChI is InChI=1S/C11H17NO4S/c1-2-3-4-5-8-12-17(14,15)11-7-6-10(9-13)16-11/h6-7,9,12H,2-5,8H2,1H3. The predicted molar refractivity (Wildman–Crippen MR) is 63.4 cm³/mol. The molecule has 0 aliphatic carbocycles. The lowest BCUT2D eigenvalue weighted by Gasteiger charge is -2.03. The summed E-state index contributed by atoms with van der Waals surface area (Å²) in [6, 6.07) is 2.61. The van der Waals surface area contributed by atoms with E-state index < -0.39 is 10.0 Å². The van der Waals surface area contributed by atoms with Crippen molar-refractivity contribution >= 4 is 16.3 Å². The summed E-state index contributed by atoms with van der Waals surface area (Å²) in [5.41, 5.74) is 0. The van der Waals surface area contributed by atoms with Crippen LogP contribution < -0.4 is 4.72 Å². The van der Waals surface area contributed by atoms with E-state index in [0.29, 0.717) is 12.8 Å². The van der Waals surface area contributed by atoms with Crippen molar-refractivity contribution in [2.75, 3.05) is 6.54 Å². The fourth-order valence-corrected chi connectivity index (χ4v) is 2.38. The quantitative estimate of drug-likeness (QED) is 0.572. The minimum Gasteiger partial charge on any atom is -0.440 e. The molecule has 0 amide bonds. The number of hydrogen-bond donors (Lipinski definition) is 1. The van der Waals surface area contributed by atoms with Crippen LogP contribution in [-0.4, -0.2) is 21.2 Å². The molecule has 1 aromatic heterocycles. The second kappa shape index (κ2) is 6.56. The maximum absolute atomic E-state index is 11.7. The highest BCUT2D eigenvalue weighted by Crippen LogP contribution is 2.12. The predicted octanol–water partition coefficient (Wildman–Crippen LogP) is 1.95. The van der Waals surface area contributed by atoms with Gasteiger partial charge in [-0.1, -0.05) is 26.2 Å². The Morgan fingerprint density at radius 1 is 1.29 bits per heavy atom. The van der Waals surface area contributed by atoms with Crippen molar-refractivity contribution in [2.45, 2.75) is 37.7 Å². The molecular formula is C11H17NO4S. The molecule has 1 rings (SSSR count). The molecule has 0 saturated heterocycles. The van der Waals surface area contributed by atoms with Crippen LogP contribution in [-0.2, 0) is 10.0 Å². The van der Waals surface area contributed by atoms with Crippen LogP contribution in [0.5, 0.6) is 0 Å². The van der Waals surface area contributed by atoms with E-state index in [1.54, 1.807) is 0 Å². The van der Waals surface area contributed by atoms with Crippen LogP contribution in [0.25, 0.3) is 0 Å². The van der Waals surface area contributed by atoms with Gasteiger partial charge < -0.3 is 4.42 Å². The Hall–Kier alpha value is -1.14. The lowest BCUT2D eigenvalue weighted by atomic mass is 10.2. The van der Waals surface area contributed by atoms with Crippen molar-refractivity contribution in [1.29, 1.82) is 0 Å². The Labute approximate surface area is 101 Å².